The van der Waals surface area contributed by atoms with E-state index in [1.807, 2.05) is 34.1 Å². The first-order chi connectivity index (χ1) is 11.7. The lowest BCUT2D eigenvalue weighted by molar-refractivity contribution is -0.127. The van der Waals surface area contributed by atoms with E-state index in [0.29, 0.717) is 18.7 Å². The van der Waals surface area contributed by atoms with Gasteiger partial charge in [-0.3, -0.25) is 9.59 Å². The number of benzene rings is 1. The third kappa shape index (κ3) is 2.60. The number of carbonyl (C=O) groups is 2. The maximum absolute atomic E-state index is 12.8. The smallest absolute Gasteiger partial charge is 0.274 e. The Kier molecular flexibility index (Phi) is 3.84. The summed E-state index contributed by atoms with van der Waals surface area (Å²) in [4.78, 5) is 31.4. The second-order valence-electron chi connectivity index (χ2n) is 6.53. The Morgan fingerprint density at radius 2 is 2.08 bits per heavy atom. The molecule has 24 heavy (non-hydrogen) atoms. The number of aromatic nitrogens is 1. The molecular formula is C19H21N3O2. The van der Waals surface area contributed by atoms with Gasteiger partial charge in [0.2, 0.25) is 5.91 Å². The van der Waals surface area contributed by atoms with E-state index in [0.717, 1.165) is 31.6 Å². The van der Waals surface area contributed by atoms with Gasteiger partial charge in [-0.05, 0) is 36.6 Å². The molecule has 2 aliphatic heterocycles. The Morgan fingerprint density at radius 3 is 2.83 bits per heavy atom. The molecule has 0 radical (unpaired) electrons. The Hall–Kier alpha value is -2.56. The highest BCUT2D eigenvalue weighted by Crippen LogP contribution is 2.38. The van der Waals surface area contributed by atoms with Crippen molar-refractivity contribution < 1.29 is 9.59 Å². The van der Waals surface area contributed by atoms with Crippen LogP contribution < -0.4 is 4.90 Å². The zero-order chi connectivity index (χ0) is 16.5. The minimum Gasteiger partial charge on any atom is -0.357 e. The van der Waals surface area contributed by atoms with Gasteiger partial charge in [0, 0.05) is 43.9 Å². The molecule has 1 aromatic heterocycles. The Labute approximate surface area is 141 Å². The minimum atomic E-state index is 0.00667. The molecule has 2 aromatic rings. The van der Waals surface area contributed by atoms with Crippen LogP contribution in [0.4, 0.5) is 5.69 Å². The Balaban J connectivity index is 1.52. The summed E-state index contributed by atoms with van der Waals surface area (Å²) in [6.07, 6.45) is 4.32. The number of likely N-dealkylation sites (tertiary alicyclic amines) is 1. The molecule has 0 unspecified atom stereocenters. The predicted molar refractivity (Wildman–Crippen MR) is 92.1 cm³/mol. The fourth-order valence-electron chi connectivity index (χ4n) is 3.80. The van der Waals surface area contributed by atoms with Crippen molar-refractivity contribution in [2.75, 3.05) is 24.5 Å². The number of para-hydroxylation sites is 1. The molecule has 124 valence electrons. The van der Waals surface area contributed by atoms with Crippen molar-refractivity contribution in [2.45, 2.75) is 25.2 Å². The SMILES string of the molecule is O=C1CCCN1CC[C@@H]1CN(C(=O)c2ccc[nH]2)c2ccccc21. The van der Waals surface area contributed by atoms with Crippen LogP contribution in [0.2, 0.25) is 0 Å². The van der Waals surface area contributed by atoms with Gasteiger partial charge in [0.05, 0.1) is 0 Å². The zero-order valence-corrected chi connectivity index (χ0v) is 13.6. The number of hydrogen-bond donors (Lipinski definition) is 1. The van der Waals surface area contributed by atoms with Crippen LogP contribution in [-0.4, -0.2) is 41.3 Å². The molecule has 5 heteroatoms. The second kappa shape index (κ2) is 6.15. The average Bonchev–Trinajstić information content (AvgIpc) is 3.33. The van der Waals surface area contributed by atoms with Crippen LogP contribution in [0.5, 0.6) is 0 Å². The molecule has 1 saturated heterocycles. The maximum Gasteiger partial charge on any atom is 0.274 e. The van der Waals surface area contributed by atoms with Crippen LogP contribution in [0.15, 0.2) is 42.6 Å². The number of hydrogen-bond acceptors (Lipinski definition) is 2. The van der Waals surface area contributed by atoms with Crippen molar-refractivity contribution in [2.24, 2.45) is 0 Å². The molecule has 2 aliphatic rings. The van der Waals surface area contributed by atoms with E-state index in [1.54, 1.807) is 12.3 Å². The molecule has 1 N–H and O–H groups in total. The highest BCUT2D eigenvalue weighted by atomic mass is 16.2. The van der Waals surface area contributed by atoms with Crippen molar-refractivity contribution in [3.63, 3.8) is 0 Å². The van der Waals surface area contributed by atoms with Crippen LogP contribution in [0, 0.1) is 0 Å². The number of H-pyrrole nitrogens is 1. The molecular weight excluding hydrogens is 302 g/mol. The third-order valence-electron chi connectivity index (χ3n) is 5.06. The molecule has 5 nitrogen and oxygen atoms in total. The van der Waals surface area contributed by atoms with Crippen LogP contribution in [0.25, 0.3) is 0 Å². The van der Waals surface area contributed by atoms with E-state index >= 15 is 0 Å². The number of anilines is 1. The molecule has 4 rings (SSSR count). The van der Waals surface area contributed by atoms with Gasteiger partial charge in [-0.2, -0.15) is 0 Å². The molecule has 0 spiro atoms. The maximum atomic E-state index is 12.8. The van der Waals surface area contributed by atoms with E-state index in [-0.39, 0.29) is 17.7 Å². The van der Waals surface area contributed by atoms with Gasteiger partial charge in [-0.1, -0.05) is 18.2 Å². The largest absolute Gasteiger partial charge is 0.357 e. The van der Waals surface area contributed by atoms with E-state index in [1.165, 1.54) is 5.56 Å². The molecule has 1 atom stereocenters. The topological polar surface area (TPSA) is 56.4 Å². The average molecular weight is 323 g/mol. The summed E-state index contributed by atoms with van der Waals surface area (Å²) in [5.41, 5.74) is 2.82. The van der Waals surface area contributed by atoms with E-state index in [4.69, 9.17) is 0 Å². The first kappa shape index (κ1) is 15.0. The highest BCUT2D eigenvalue weighted by Gasteiger charge is 2.33. The van der Waals surface area contributed by atoms with Gasteiger partial charge < -0.3 is 14.8 Å². The van der Waals surface area contributed by atoms with Gasteiger partial charge >= 0.3 is 0 Å². The second-order valence-corrected chi connectivity index (χ2v) is 6.53. The summed E-state index contributed by atoms with van der Waals surface area (Å²) in [7, 11) is 0. The number of rotatable bonds is 4. The van der Waals surface area contributed by atoms with Gasteiger partial charge in [-0.25, -0.2) is 0 Å². The van der Waals surface area contributed by atoms with Gasteiger partial charge in [0.1, 0.15) is 5.69 Å². The lowest BCUT2D eigenvalue weighted by Gasteiger charge is -2.19. The number of nitrogens with zero attached hydrogens (tertiary/aromatic N) is 2. The van der Waals surface area contributed by atoms with Crippen molar-refractivity contribution in [1.82, 2.24) is 9.88 Å². The standard InChI is InChI=1S/C19H21N3O2/c23-18-8-4-11-21(18)12-9-14-13-22(17-7-2-1-5-15(14)17)19(24)16-6-3-10-20-16/h1-3,5-7,10,14,20H,4,8-9,11-13H2/t14-/m1/s1. The molecule has 2 amide bonds. The van der Waals surface area contributed by atoms with Crippen LogP contribution >= 0.6 is 0 Å². The zero-order valence-electron chi connectivity index (χ0n) is 13.6. The fraction of sp³-hybridized carbons (Fsp3) is 0.368. The van der Waals surface area contributed by atoms with Crippen LogP contribution in [0.1, 0.15) is 41.2 Å². The lowest BCUT2D eigenvalue weighted by Crippen LogP contribution is -2.31. The van der Waals surface area contributed by atoms with Crippen molar-refractivity contribution in [3.05, 3.63) is 53.9 Å². The highest BCUT2D eigenvalue weighted by molar-refractivity contribution is 6.06. The summed E-state index contributed by atoms with van der Waals surface area (Å²) in [5, 5.41) is 0. The third-order valence-corrected chi connectivity index (χ3v) is 5.06. The first-order valence-corrected chi connectivity index (χ1v) is 8.56. The molecule has 0 bridgehead atoms. The number of nitrogens with one attached hydrogen (secondary N) is 1. The van der Waals surface area contributed by atoms with Gasteiger partial charge in [0.15, 0.2) is 0 Å². The monoisotopic (exact) mass is 323 g/mol. The van der Waals surface area contributed by atoms with Crippen molar-refractivity contribution in [1.29, 1.82) is 0 Å². The Morgan fingerprint density at radius 1 is 1.21 bits per heavy atom. The Bertz CT molecular complexity index is 754. The summed E-state index contributed by atoms with van der Waals surface area (Å²) in [6.45, 7) is 2.33. The van der Waals surface area contributed by atoms with Gasteiger partial charge in [0.25, 0.3) is 5.91 Å². The minimum absolute atomic E-state index is 0.00667. The van der Waals surface area contributed by atoms with Crippen LogP contribution in [-0.2, 0) is 4.79 Å². The summed E-state index contributed by atoms with van der Waals surface area (Å²) in [5.74, 6) is 0.557. The quantitative estimate of drug-likeness (QED) is 0.940. The molecule has 1 fully saturated rings. The number of carbonyl (C=O) groups excluding carboxylic acids is 2. The summed E-state index contributed by atoms with van der Waals surface area (Å²) in [6, 6.07) is 11.8. The summed E-state index contributed by atoms with van der Waals surface area (Å²) >= 11 is 0. The number of fused-ring (bicyclic) bond motifs is 1. The van der Waals surface area contributed by atoms with E-state index in [2.05, 4.69) is 11.1 Å². The van der Waals surface area contributed by atoms with Crippen molar-refractivity contribution in [3.8, 4) is 0 Å². The molecule has 0 saturated carbocycles. The van der Waals surface area contributed by atoms with Crippen molar-refractivity contribution >= 4 is 17.5 Å². The molecule has 1 aromatic carbocycles. The summed E-state index contributed by atoms with van der Waals surface area (Å²) < 4.78 is 0. The molecule has 3 heterocycles. The molecule has 0 aliphatic carbocycles. The number of amides is 2. The fourth-order valence-corrected chi connectivity index (χ4v) is 3.80. The van der Waals surface area contributed by atoms with Gasteiger partial charge in [-0.15, -0.1) is 0 Å². The lowest BCUT2D eigenvalue weighted by atomic mass is 9.98. The number of aromatic amines is 1. The normalized spacial score (nSPS) is 19.8. The predicted octanol–water partition coefficient (Wildman–Crippen LogP) is 2.77. The first-order valence-electron chi connectivity index (χ1n) is 8.56. The van der Waals surface area contributed by atoms with E-state index in [9.17, 15) is 9.59 Å². The van der Waals surface area contributed by atoms with E-state index < -0.39 is 0 Å². The van der Waals surface area contributed by atoms with Crippen LogP contribution in [0.3, 0.4) is 0 Å².